The first-order valence-corrected chi connectivity index (χ1v) is 8.96. The lowest BCUT2D eigenvalue weighted by molar-refractivity contribution is -0.129. The van der Waals surface area contributed by atoms with Crippen molar-refractivity contribution in [2.45, 2.75) is 25.0 Å². The quantitative estimate of drug-likeness (QED) is 0.359. The van der Waals surface area contributed by atoms with E-state index in [1.165, 1.54) is 25.1 Å². The number of allylic oxidation sites excluding steroid dienone is 2. The number of primary amides is 1. The summed E-state index contributed by atoms with van der Waals surface area (Å²) in [7, 11) is 0. The minimum Gasteiger partial charge on any atom is -0.511 e. The highest BCUT2D eigenvalue weighted by molar-refractivity contribution is 6.20. The lowest BCUT2D eigenvalue weighted by Gasteiger charge is -2.50. The highest BCUT2D eigenvalue weighted by atomic mass is 16.3. The van der Waals surface area contributed by atoms with Crippen LogP contribution in [0, 0.1) is 17.8 Å². The summed E-state index contributed by atoms with van der Waals surface area (Å²) in [5, 5.41) is 53.8. The van der Waals surface area contributed by atoms with E-state index in [0.29, 0.717) is 0 Å². The van der Waals surface area contributed by atoms with Crippen molar-refractivity contribution >= 4 is 17.5 Å². The Hall–Kier alpha value is -3.17. The molecule has 29 heavy (non-hydrogen) atoms. The summed E-state index contributed by atoms with van der Waals surface area (Å²) >= 11 is 0. The fourth-order valence-electron chi connectivity index (χ4n) is 4.99. The average molecular weight is 401 g/mol. The van der Waals surface area contributed by atoms with Crippen molar-refractivity contribution in [3.05, 3.63) is 52.0 Å². The number of phenolic OH excluding ortho intramolecular Hbond substituents is 1. The van der Waals surface area contributed by atoms with Gasteiger partial charge in [0.15, 0.2) is 11.6 Å². The average Bonchev–Trinajstić information content (AvgIpc) is 2.61. The number of carbonyl (C=O) groups is 3. The number of ketones is 2. The molecule has 5 atom stereocenters. The van der Waals surface area contributed by atoms with Crippen molar-refractivity contribution in [2.75, 3.05) is 0 Å². The van der Waals surface area contributed by atoms with Gasteiger partial charge in [-0.15, -0.1) is 0 Å². The molecule has 0 saturated heterocycles. The molecule has 0 bridgehead atoms. The summed E-state index contributed by atoms with van der Waals surface area (Å²) in [4.78, 5) is 37.0. The van der Waals surface area contributed by atoms with Gasteiger partial charge in [-0.3, -0.25) is 14.4 Å². The van der Waals surface area contributed by atoms with Crippen LogP contribution in [0.4, 0.5) is 0 Å². The molecule has 0 heterocycles. The molecule has 0 saturated carbocycles. The summed E-state index contributed by atoms with van der Waals surface area (Å²) in [5.74, 6) is -8.64. The fraction of sp³-hybridized carbons (Fsp3) is 0.350. The predicted molar refractivity (Wildman–Crippen MR) is 96.6 cm³/mol. The molecule has 0 radical (unpaired) electrons. The molecule has 1 aromatic rings. The number of hydrogen-bond donors (Lipinski definition) is 6. The summed E-state index contributed by atoms with van der Waals surface area (Å²) in [6.07, 6.45) is -1.95. The zero-order valence-corrected chi connectivity index (χ0v) is 15.3. The Morgan fingerprint density at radius 3 is 2.48 bits per heavy atom. The van der Waals surface area contributed by atoms with Gasteiger partial charge < -0.3 is 31.3 Å². The normalized spacial score (nSPS) is 33.9. The summed E-state index contributed by atoms with van der Waals surface area (Å²) < 4.78 is 0. The number of nitrogens with two attached hydrogens (primary N) is 1. The second-order valence-electron chi connectivity index (χ2n) is 7.83. The largest absolute Gasteiger partial charge is 0.511 e. The molecule has 1 aromatic carbocycles. The minimum absolute atomic E-state index is 0.0822. The molecule has 3 aliphatic carbocycles. The first kappa shape index (κ1) is 19.2. The first-order chi connectivity index (χ1) is 13.5. The Labute approximate surface area is 164 Å². The van der Waals surface area contributed by atoms with E-state index in [0.717, 1.165) is 0 Å². The smallest absolute Gasteiger partial charge is 0.256 e. The molecule has 4 rings (SSSR count). The van der Waals surface area contributed by atoms with E-state index >= 15 is 0 Å². The van der Waals surface area contributed by atoms with E-state index in [1.807, 2.05) is 0 Å². The zero-order valence-electron chi connectivity index (χ0n) is 15.3. The molecule has 9 nitrogen and oxygen atoms in total. The molecule has 1 amide bonds. The van der Waals surface area contributed by atoms with Gasteiger partial charge in [-0.05, 0) is 18.6 Å². The second kappa shape index (κ2) is 5.91. The number of aliphatic hydroxyl groups is 4. The number of rotatable bonds is 1. The number of amides is 1. The predicted octanol–water partition coefficient (Wildman–Crippen LogP) is 0.101. The summed E-state index contributed by atoms with van der Waals surface area (Å²) in [6.45, 7) is 1.34. The van der Waals surface area contributed by atoms with Crippen LogP contribution >= 0.6 is 0 Å². The van der Waals surface area contributed by atoms with Crippen molar-refractivity contribution in [1.82, 2.24) is 0 Å². The van der Waals surface area contributed by atoms with Gasteiger partial charge in [0.2, 0.25) is 0 Å². The van der Waals surface area contributed by atoms with Crippen LogP contribution in [0.1, 0.15) is 29.3 Å². The van der Waals surface area contributed by atoms with Crippen molar-refractivity contribution < 1.29 is 39.9 Å². The zero-order chi connectivity index (χ0) is 21.4. The Kier molecular flexibility index (Phi) is 3.91. The van der Waals surface area contributed by atoms with Gasteiger partial charge >= 0.3 is 0 Å². The van der Waals surface area contributed by atoms with E-state index < -0.39 is 76.2 Å². The Bertz CT molecular complexity index is 1050. The third-order valence-electron chi connectivity index (χ3n) is 6.27. The number of phenols is 1. The molecular formula is C20H19NO8. The highest BCUT2D eigenvalue weighted by Gasteiger charge is 2.60. The molecule has 152 valence electrons. The standard InChI is InChI=1S/C20H19NO8/c1-20(29)7-3-2-4-8(22)11(7)18(27)13-14(20)15(24)6-5-9(23)12(19(21)28)16(25)10(6)17(13)26/h2-4,6,13-15,22,24-26,29H,5H2,1H3,(H2,21,28). The molecule has 9 heteroatoms. The van der Waals surface area contributed by atoms with E-state index in [4.69, 9.17) is 5.73 Å². The van der Waals surface area contributed by atoms with Crippen molar-refractivity contribution in [3.63, 3.8) is 0 Å². The van der Waals surface area contributed by atoms with Crippen LogP contribution in [0.3, 0.4) is 0 Å². The molecular weight excluding hydrogens is 382 g/mol. The molecule has 0 aliphatic heterocycles. The minimum atomic E-state index is -1.85. The Morgan fingerprint density at radius 1 is 1.21 bits per heavy atom. The molecule has 0 spiro atoms. The van der Waals surface area contributed by atoms with Crippen LogP contribution in [0.5, 0.6) is 5.75 Å². The topological polar surface area (TPSA) is 178 Å². The highest BCUT2D eigenvalue weighted by Crippen LogP contribution is 2.55. The summed E-state index contributed by atoms with van der Waals surface area (Å²) in [6, 6.07) is 4.12. The van der Waals surface area contributed by atoms with Gasteiger partial charge in [-0.1, -0.05) is 12.1 Å². The van der Waals surface area contributed by atoms with Crippen LogP contribution in [0.25, 0.3) is 0 Å². The lowest BCUT2D eigenvalue weighted by atomic mass is 9.56. The third-order valence-corrected chi connectivity index (χ3v) is 6.27. The fourth-order valence-corrected chi connectivity index (χ4v) is 4.99. The van der Waals surface area contributed by atoms with Gasteiger partial charge in [0.25, 0.3) is 5.91 Å². The van der Waals surface area contributed by atoms with Gasteiger partial charge in [-0.2, -0.15) is 0 Å². The maximum Gasteiger partial charge on any atom is 0.256 e. The van der Waals surface area contributed by atoms with Crippen LogP contribution in [-0.2, 0) is 15.2 Å². The van der Waals surface area contributed by atoms with Crippen molar-refractivity contribution in [2.24, 2.45) is 23.5 Å². The lowest BCUT2D eigenvalue weighted by Crippen LogP contribution is -2.57. The van der Waals surface area contributed by atoms with Crippen LogP contribution < -0.4 is 5.73 Å². The molecule has 0 fully saturated rings. The van der Waals surface area contributed by atoms with Gasteiger partial charge in [0.1, 0.15) is 22.8 Å². The SMILES string of the molecule is CC1(O)c2cccc(O)c2C(=O)C2C(O)=C3C(O)=C(C(N)=O)C(=O)CC3C(O)C21. The number of hydrogen-bond acceptors (Lipinski definition) is 8. The number of carbonyl (C=O) groups excluding carboxylic acids is 3. The van der Waals surface area contributed by atoms with Gasteiger partial charge in [-0.25, -0.2) is 0 Å². The van der Waals surface area contributed by atoms with E-state index in [-0.39, 0.29) is 16.7 Å². The van der Waals surface area contributed by atoms with Crippen molar-refractivity contribution in [1.29, 1.82) is 0 Å². The van der Waals surface area contributed by atoms with Gasteiger partial charge in [0, 0.05) is 23.8 Å². The molecule has 7 N–H and O–H groups in total. The maximum absolute atomic E-state index is 13.1. The number of fused-ring (bicyclic) bond motifs is 3. The molecule has 5 unspecified atom stereocenters. The van der Waals surface area contributed by atoms with Crippen LogP contribution in [0.15, 0.2) is 40.9 Å². The number of Topliss-reactive ketones (excluding diaryl/α,β-unsaturated/α-hetero) is 2. The van der Waals surface area contributed by atoms with E-state index in [1.54, 1.807) is 0 Å². The van der Waals surface area contributed by atoms with Crippen LogP contribution in [-0.4, -0.2) is 49.1 Å². The Morgan fingerprint density at radius 2 is 1.86 bits per heavy atom. The number of aromatic hydroxyl groups is 1. The maximum atomic E-state index is 13.1. The van der Waals surface area contributed by atoms with Crippen molar-refractivity contribution in [3.8, 4) is 5.75 Å². The first-order valence-electron chi connectivity index (χ1n) is 8.96. The molecule has 0 aromatic heterocycles. The van der Waals surface area contributed by atoms with Gasteiger partial charge in [0.05, 0.1) is 23.2 Å². The Balaban J connectivity index is 2.02. The third kappa shape index (κ3) is 2.31. The summed E-state index contributed by atoms with van der Waals surface area (Å²) in [5.41, 5.74) is 2.14. The van der Waals surface area contributed by atoms with Crippen LogP contribution in [0.2, 0.25) is 0 Å². The number of aliphatic hydroxyl groups excluding tert-OH is 3. The second-order valence-corrected chi connectivity index (χ2v) is 7.83. The van der Waals surface area contributed by atoms with E-state index in [2.05, 4.69) is 0 Å². The molecule has 3 aliphatic rings. The van der Waals surface area contributed by atoms with E-state index in [9.17, 15) is 39.9 Å². The monoisotopic (exact) mass is 401 g/mol. The number of benzene rings is 1.